The second kappa shape index (κ2) is 8.04. The van der Waals surface area contributed by atoms with Crippen molar-refractivity contribution in [3.8, 4) is 0 Å². The molecule has 1 saturated heterocycles. The van der Waals surface area contributed by atoms with E-state index in [2.05, 4.69) is 11.8 Å². The fraction of sp³-hybridized carbons (Fsp3) is 0.652. The van der Waals surface area contributed by atoms with Gasteiger partial charge in [0.1, 0.15) is 0 Å². The molecule has 4 nitrogen and oxygen atoms in total. The van der Waals surface area contributed by atoms with Crippen LogP contribution in [0.5, 0.6) is 0 Å². The van der Waals surface area contributed by atoms with Gasteiger partial charge in [-0.15, -0.1) is 0 Å². The fourth-order valence-electron chi connectivity index (χ4n) is 4.81. The molecule has 3 aliphatic rings. The monoisotopic (exact) mass is 368 g/mol. The van der Waals surface area contributed by atoms with Crippen LogP contribution in [0.25, 0.3) is 0 Å². The van der Waals surface area contributed by atoms with Crippen LogP contribution in [0.2, 0.25) is 0 Å². The Morgan fingerprint density at radius 1 is 1.04 bits per heavy atom. The molecule has 1 heterocycles. The molecule has 2 aliphatic carbocycles. The summed E-state index contributed by atoms with van der Waals surface area (Å²) in [6.45, 7) is 3.81. The third-order valence-corrected chi connectivity index (χ3v) is 6.71. The number of hydrogen-bond donors (Lipinski definition) is 0. The average Bonchev–Trinajstić information content (AvgIpc) is 3.45. The van der Waals surface area contributed by atoms with Crippen molar-refractivity contribution < 1.29 is 9.59 Å². The summed E-state index contributed by atoms with van der Waals surface area (Å²) in [7, 11) is 0. The topological polar surface area (TPSA) is 40.6 Å². The molecule has 0 unspecified atom stereocenters. The molecular weight excluding hydrogens is 336 g/mol. The van der Waals surface area contributed by atoms with Crippen molar-refractivity contribution >= 4 is 11.8 Å². The molecule has 4 heteroatoms. The van der Waals surface area contributed by atoms with Gasteiger partial charge in [-0.05, 0) is 68.6 Å². The molecule has 4 rings (SSSR count). The van der Waals surface area contributed by atoms with Crippen molar-refractivity contribution in [3.63, 3.8) is 0 Å². The Morgan fingerprint density at radius 3 is 2.19 bits per heavy atom. The molecule has 0 aromatic heterocycles. The smallest absolute Gasteiger partial charge is 0.254 e. The highest BCUT2D eigenvalue weighted by Crippen LogP contribution is 2.37. The third-order valence-electron chi connectivity index (χ3n) is 6.71. The number of benzene rings is 1. The van der Waals surface area contributed by atoms with Crippen molar-refractivity contribution in [1.82, 2.24) is 9.80 Å². The van der Waals surface area contributed by atoms with Gasteiger partial charge in [0.05, 0.1) is 0 Å². The fourth-order valence-corrected chi connectivity index (χ4v) is 4.81. The number of rotatable bonds is 6. The minimum Gasteiger partial charge on any atom is -0.338 e. The number of carbonyl (C=O) groups is 2. The van der Waals surface area contributed by atoms with E-state index in [1.807, 2.05) is 29.2 Å². The van der Waals surface area contributed by atoms with Gasteiger partial charge in [-0.2, -0.15) is 0 Å². The highest BCUT2D eigenvalue weighted by Gasteiger charge is 2.39. The lowest BCUT2D eigenvalue weighted by atomic mass is 9.83. The highest BCUT2D eigenvalue weighted by molar-refractivity contribution is 5.95. The van der Waals surface area contributed by atoms with Gasteiger partial charge in [0.15, 0.2) is 0 Å². The minimum atomic E-state index is 0.209. The summed E-state index contributed by atoms with van der Waals surface area (Å²) in [5.41, 5.74) is 1.92. The molecule has 146 valence electrons. The largest absolute Gasteiger partial charge is 0.338 e. The highest BCUT2D eigenvalue weighted by atomic mass is 16.2. The zero-order chi connectivity index (χ0) is 18.8. The van der Waals surface area contributed by atoms with E-state index >= 15 is 0 Å². The van der Waals surface area contributed by atoms with Crippen molar-refractivity contribution in [3.05, 3.63) is 35.4 Å². The van der Waals surface area contributed by atoms with Crippen LogP contribution in [-0.4, -0.2) is 40.2 Å². The SMILES string of the molecule is CCC1CCC(N(C(=O)c2ccc(CN3CCCC3=O)cc2)C2CC2)CC1. The van der Waals surface area contributed by atoms with E-state index in [1.54, 1.807) is 0 Å². The number of hydrogen-bond acceptors (Lipinski definition) is 2. The molecule has 1 aromatic rings. The standard InChI is InChI=1S/C23H32N2O2/c1-2-17-7-11-20(12-8-17)25(21-13-14-21)23(27)19-9-5-18(6-10-19)16-24-15-3-4-22(24)26/h5-6,9-10,17,20-21H,2-4,7-8,11-16H2,1H3. The van der Waals surface area contributed by atoms with Crippen LogP contribution in [0.1, 0.15) is 80.6 Å². The van der Waals surface area contributed by atoms with Gasteiger partial charge >= 0.3 is 0 Å². The molecule has 0 spiro atoms. The van der Waals surface area contributed by atoms with Crippen molar-refractivity contribution in [1.29, 1.82) is 0 Å². The van der Waals surface area contributed by atoms with Gasteiger partial charge < -0.3 is 9.80 Å². The lowest BCUT2D eigenvalue weighted by molar-refractivity contribution is -0.128. The molecule has 0 radical (unpaired) electrons. The van der Waals surface area contributed by atoms with Crippen LogP contribution in [0, 0.1) is 5.92 Å². The molecular formula is C23H32N2O2. The first-order chi connectivity index (χ1) is 13.2. The lowest BCUT2D eigenvalue weighted by Gasteiger charge is -2.37. The van der Waals surface area contributed by atoms with Crippen LogP contribution < -0.4 is 0 Å². The predicted molar refractivity (Wildman–Crippen MR) is 106 cm³/mol. The molecule has 0 bridgehead atoms. The zero-order valence-electron chi connectivity index (χ0n) is 16.5. The first-order valence-electron chi connectivity index (χ1n) is 10.8. The maximum absolute atomic E-state index is 13.2. The number of nitrogens with zero attached hydrogens (tertiary/aromatic N) is 2. The molecule has 2 saturated carbocycles. The maximum Gasteiger partial charge on any atom is 0.254 e. The second-order valence-electron chi connectivity index (χ2n) is 8.64. The zero-order valence-corrected chi connectivity index (χ0v) is 16.5. The molecule has 27 heavy (non-hydrogen) atoms. The summed E-state index contributed by atoms with van der Waals surface area (Å²) in [5, 5.41) is 0. The van der Waals surface area contributed by atoms with Gasteiger partial charge in [-0.1, -0.05) is 25.5 Å². The van der Waals surface area contributed by atoms with Gasteiger partial charge in [0, 0.05) is 37.2 Å². The molecule has 1 aliphatic heterocycles. The summed E-state index contributed by atoms with van der Waals surface area (Å²) >= 11 is 0. The van der Waals surface area contributed by atoms with E-state index in [0.29, 0.717) is 25.0 Å². The number of amides is 2. The Bertz CT molecular complexity index is 672. The predicted octanol–water partition coefficient (Wildman–Crippen LogP) is 4.38. The number of carbonyl (C=O) groups excluding carboxylic acids is 2. The summed E-state index contributed by atoms with van der Waals surface area (Å²) < 4.78 is 0. The summed E-state index contributed by atoms with van der Waals surface area (Å²) in [4.78, 5) is 29.2. The average molecular weight is 369 g/mol. The Kier molecular flexibility index (Phi) is 5.51. The van der Waals surface area contributed by atoms with E-state index in [4.69, 9.17) is 0 Å². The lowest BCUT2D eigenvalue weighted by Crippen LogP contribution is -2.43. The van der Waals surface area contributed by atoms with E-state index in [1.165, 1.54) is 19.3 Å². The van der Waals surface area contributed by atoms with E-state index < -0.39 is 0 Å². The first-order valence-corrected chi connectivity index (χ1v) is 10.8. The van der Waals surface area contributed by atoms with Crippen LogP contribution in [0.3, 0.4) is 0 Å². The van der Waals surface area contributed by atoms with Crippen molar-refractivity contribution in [2.75, 3.05) is 6.54 Å². The Hall–Kier alpha value is -1.84. The van der Waals surface area contributed by atoms with Crippen LogP contribution in [0.15, 0.2) is 24.3 Å². The summed E-state index contributed by atoms with van der Waals surface area (Å²) in [5.74, 6) is 1.31. The van der Waals surface area contributed by atoms with Gasteiger partial charge in [0.2, 0.25) is 5.91 Å². The molecule has 3 fully saturated rings. The Morgan fingerprint density at radius 2 is 1.67 bits per heavy atom. The molecule has 1 aromatic carbocycles. The normalized spacial score (nSPS) is 25.7. The van der Waals surface area contributed by atoms with Gasteiger partial charge in [-0.3, -0.25) is 9.59 Å². The minimum absolute atomic E-state index is 0.209. The van der Waals surface area contributed by atoms with E-state index in [0.717, 1.165) is 55.7 Å². The second-order valence-corrected chi connectivity index (χ2v) is 8.64. The summed E-state index contributed by atoms with van der Waals surface area (Å²) in [6.07, 6.45) is 10.1. The van der Waals surface area contributed by atoms with E-state index in [-0.39, 0.29) is 11.8 Å². The van der Waals surface area contributed by atoms with Crippen LogP contribution in [-0.2, 0) is 11.3 Å². The van der Waals surface area contributed by atoms with Crippen LogP contribution in [0.4, 0.5) is 0 Å². The Labute approximate surface area is 162 Å². The third kappa shape index (κ3) is 4.20. The van der Waals surface area contributed by atoms with Crippen LogP contribution >= 0.6 is 0 Å². The summed E-state index contributed by atoms with van der Waals surface area (Å²) in [6, 6.07) is 8.86. The van der Waals surface area contributed by atoms with Gasteiger partial charge in [0.25, 0.3) is 5.91 Å². The molecule has 0 N–H and O–H groups in total. The molecule has 2 amide bonds. The maximum atomic E-state index is 13.2. The number of likely N-dealkylation sites (tertiary alicyclic amines) is 1. The molecule has 0 atom stereocenters. The Balaban J connectivity index is 1.41. The first kappa shape index (κ1) is 18.5. The quantitative estimate of drug-likeness (QED) is 0.747. The van der Waals surface area contributed by atoms with E-state index in [9.17, 15) is 9.59 Å². The van der Waals surface area contributed by atoms with Crippen molar-refractivity contribution in [2.24, 2.45) is 5.92 Å². The van der Waals surface area contributed by atoms with Crippen molar-refractivity contribution in [2.45, 2.75) is 83.3 Å². The van der Waals surface area contributed by atoms with Gasteiger partial charge in [-0.25, -0.2) is 0 Å².